The Hall–Kier alpha value is -2.77. The van der Waals surface area contributed by atoms with E-state index in [0.717, 1.165) is 60.2 Å². The van der Waals surface area contributed by atoms with E-state index in [1.54, 1.807) is 0 Å². The van der Waals surface area contributed by atoms with Gasteiger partial charge in [0.05, 0.1) is 30.7 Å². The zero-order valence-corrected chi connectivity index (χ0v) is 17.7. The lowest BCUT2D eigenvalue weighted by Crippen LogP contribution is -3.11. The van der Waals surface area contributed by atoms with Gasteiger partial charge in [0.1, 0.15) is 12.4 Å². The van der Waals surface area contributed by atoms with E-state index in [9.17, 15) is 0 Å². The molecule has 0 atom stereocenters. The van der Waals surface area contributed by atoms with E-state index >= 15 is 0 Å². The number of quaternary nitrogens is 1. The van der Waals surface area contributed by atoms with Crippen LogP contribution in [0.1, 0.15) is 41.5 Å². The molecule has 4 aromatic rings. The number of aromatic nitrogens is 6. The summed E-state index contributed by atoms with van der Waals surface area (Å²) in [6.07, 6.45) is 2.20. The highest BCUT2D eigenvalue weighted by atomic mass is 35.5. The molecule has 1 saturated heterocycles. The van der Waals surface area contributed by atoms with Gasteiger partial charge in [-0.3, -0.25) is 0 Å². The molecule has 8 heteroatoms. The summed E-state index contributed by atoms with van der Waals surface area (Å²) in [5.41, 5.74) is 4.48. The highest BCUT2D eigenvalue weighted by molar-refractivity contribution is 6.31. The van der Waals surface area contributed by atoms with E-state index in [1.807, 2.05) is 22.9 Å². The third-order valence-electron chi connectivity index (χ3n) is 6.01. The van der Waals surface area contributed by atoms with Gasteiger partial charge in [0.2, 0.25) is 5.82 Å². The molecule has 1 aliphatic heterocycles. The number of tetrazole rings is 1. The van der Waals surface area contributed by atoms with Crippen LogP contribution in [0.4, 0.5) is 0 Å². The van der Waals surface area contributed by atoms with E-state index in [-0.39, 0.29) is 0 Å². The first-order valence-corrected chi connectivity index (χ1v) is 10.8. The number of nitrogens with zero attached hydrogens (tertiary/aromatic N) is 5. The van der Waals surface area contributed by atoms with Gasteiger partial charge < -0.3 is 9.88 Å². The molecule has 1 fully saturated rings. The molecule has 2 N–H and O–H groups in total. The third kappa shape index (κ3) is 4.08. The second-order valence-corrected chi connectivity index (χ2v) is 8.66. The number of hydrogen-bond donors (Lipinski definition) is 2. The van der Waals surface area contributed by atoms with E-state index < -0.39 is 0 Å². The summed E-state index contributed by atoms with van der Waals surface area (Å²) in [6.45, 7) is 5.82. The fourth-order valence-electron chi connectivity index (χ4n) is 4.23. The van der Waals surface area contributed by atoms with Crippen molar-refractivity contribution in [3.05, 3.63) is 70.3 Å². The number of benzene rings is 2. The van der Waals surface area contributed by atoms with E-state index in [1.165, 1.54) is 16.0 Å². The monoisotopic (exact) mass is 422 g/mol. The smallest absolute Gasteiger partial charge is 0.206 e. The molecule has 0 aliphatic carbocycles. The standard InChI is InChI=1S/C22H24ClN7/c1-15-2-4-16(5-3-15)13-30-21(26-27-28-30)14-29-10-8-17(9-11-29)22-24-19-7-6-18(23)12-20(19)25-22/h2-7,12,17H,8-11,13-14H2,1H3,(H,24,25)/p+1. The SMILES string of the molecule is Cc1ccc(Cn2nnnc2C[NH+]2CCC(c3nc4ccc(Cl)cc4[nH]3)CC2)cc1. The van der Waals surface area contributed by atoms with Crippen LogP contribution >= 0.6 is 11.6 Å². The maximum Gasteiger partial charge on any atom is 0.206 e. The number of aryl methyl sites for hydroxylation is 1. The van der Waals surface area contributed by atoms with Crippen LogP contribution in [0.5, 0.6) is 0 Å². The van der Waals surface area contributed by atoms with Crippen molar-refractivity contribution < 1.29 is 4.90 Å². The molecule has 0 bridgehead atoms. The molecule has 7 nitrogen and oxygen atoms in total. The van der Waals surface area contributed by atoms with Crippen molar-refractivity contribution in [2.45, 2.75) is 38.8 Å². The van der Waals surface area contributed by atoms with Gasteiger partial charge in [-0.25, -0.2) is 9.67 Å². The Bertz CT molecular complexity index is 1140. The van der Waals surface area contributed by atoms with Crippen molar-refractivity contribution in [1.29, 1.82) is 0 Å². The fraction of sp³-hybridized carbons (Fsp3) is 0.364. The van der Waals surface area contributed by atoms with Crippen LogP contribution in [-0.4, -0.2) is 43.3 Å². The molecule has 2 aromatic carbocycles. The Morgan fingerprint density at radius 3 is 2.73 bits per heavy atom. The van der Waals surface area contributed by atoms with Crippen molar-refractivity contribution in [3.8, 4) is 0 Å². The number of piperidine rings is 1. The first-order chi connectivity index (χ1) is 14.6. The van der Waals surface area contributed by atoms with Gasteiger partial charge in [-0.2, -0.15) is 0 Å². The molecular weight excluding hydrogens is 398 g/mol. The molecule has 0 saturated carbocycles. The van der Waals surface area contributed by atoms with Gasteiger partial charge in [-0.15, -0.1) is 5.10 Å². The molecule has 5 rings (SSSR count). The highest BCUT2D eigenvalue weighted by Gasteiger charge is 2.27. The van der Waals surface area contributed by atoms with Gasteiger partial charge in [-0.05, 0) is 41.1 Å². The zero-order valence-electron chi connectivity index (χ0n) is 17.0. The van der Waals surface area contributed by atoms with Crippen LogP contribution in [0, 0.1) is 6.92 Å². The van der Waals surface area contributed by atoms with Gasteiger partial charge in [0.25, 0.3) is 0 Å². The molecule has 30 heavy (non-hydrogen) atoms. The summed E-state index contributed by atoms with van der Waals surface area (Å²) < 4.78 is 1.92. The fourth-order valence-corrected chi connectivity index (χ4v) is 4.41. The van der Waals surface area contributed by atoms with Crippen molar-refractivity contribution in [2.75, 3.05) is 13.1 Å². The Morgan fingerprint density at radius 2 is 1.93 bits per heavy atom. The van der Waals surface area contributed by atoms with E-state index in [2.05, 4.69) is 51.7 Å². The second-order valence-electron chi connectivity index (χ2n) is 8.22. The highest BCUT2D eigenvalue weighted by Crippen LogP contribution is 2.25. The predicted molar refractivity (Wildman–Crippen MR) is 116 cm³/mol. The number of halogens is 1. The van der Waals surface area contributed by atoms with E-state index in [4.69, 9.17) is 16.6 Å². The molecule has 2 aromatic heterocycles. The molecule has 3 heterocycles. The normalized spacial score (nSPS) is 19.4. The third-order valence-corrected chi connectivity index (χ3v) is 6.24. The number of nitrogens with one attached hydrogen (secondary N) is 2. The lowest BCUT2D eigenvalue weighted by Gasteiger charge is -2.27. The van der Waals surface area contributed by atoms with Crippen molar-refractivity contribution in [2.24, 2.45) is 0 Å². The lowest BCUT2D eigenvalue weighted by molar-refractivity contribution is -0.919. The summed E-state index contributed by atoms with van der Waals surface area (Å²) in [5, 5.41) is 13.2. The Labute approximate surface area is 180 Å². The molecule has 1 aliphatic rings. The molecule has 0 radical (unpaired) electrons. The second kappa shape index (κ2) is 8.16. The minimum Gasteiger partial charge on any atom is -0.342 e. The topological polar surface area (TPSA) is 76.7 Å². The summed E-state index contributed by atoms with van der Waals surface area (Å²) in [5.74, 6) is 2.49. The van der Waals surface area contributed by atoms with Crippen LogP contribution in [0.3, 0.4) is 0 Å². The Kier molecular flexibility index (Phi) is 5.23. The van der Waals surface area contributed by atoms with Crippen LogP contribution in [0.15, 0.2) is 42.5 Å². The molecule has 0 amide bonds. The van der Waals surface area contributed by atoms with Crippen LogP contribution in [0.25, 0.3) is 11.0 Å². The molecule has 0 unspecified atom stereocenters. The summed E-state index contributed by atoms with van der Waals surface area (Å²) in [6, 6.07) is 14.3. The number of rotatable bonds is 5. The molecule has 0 spiro atoms. The van der Waals surface area contributed by atoms with Crippen LogP contribution in [-0.2, 0) is 13.1 Å². The average Bonchev–Trinajstić information content (AvgIpc) is 3.37. The number of H-pyrrole nitrogens is 1. The average molecular weight is 423 g/mol. The molecular formula is C22H25ClN7+. The number of imidazole rings is 1. The first-order valence-electron chi connectivity index (χ1n) is 10.4. The quantitative estimate of drug-likeness (QED) is 0.518. The van der Waals surface area contributed by atoms with Gasteiger partial charge in [0, 0.05) is 23.8 Å². The predicted octanol–water partition coefficient (Wildman–Crippen LogP) is 2.52. The molecule has 154 valence electrons. The number of hydrogen-bond acceptors (Lipinski definition) is 4. The summed E-state index contributed by atoms with van der Waals surface area (Å²) in [4.78, 5) is 9.77. The van der Waals surface area contributed by atoms with Gasteiger partial charge in [0.15, 0.2) is 0 Å². The number of likely N-dealkylation sites (tertiary alicyclic amines) is 1. The van der Waals surface area contributed by atoms with Crippen molar-refractivity contribution in [3.63, 3.8) is 0 Å². The first kappa shape index (κ1) is 19.2. The maximum absolute atomic E-state index is 6.10. The van der Waals surface area contributed by atoms with E-state index in [0.29, 0.717) is 12.5 Å². The minimum absolute atomic E-state index is 0.462. The van der Waals surface area contributed by atoms with Crippen LogP contribution in [0.2, 0.25) is 5.02 Å². The zero-order chi connectivity index (χ0) is 20.5. The summed E-state index contributed by atoms with van der Waals surface area (Å²) >= 11 is 6.10. The number of fused-ring (bicyclic) bond motifs is 1. The number of aromatic amines is 1. The minimum atomic E-state index is 0.462. The van der Waals surface area contributed by atoms with Gasteiger partial charge >= 0.3 is 0 Å². The lowest BCUT2D eigenvalue weighted by atomic mass is 9.96. The van der Waals surface area contributed by atoms with Crippen LogP contribution < -0.4 is 4.90 Å². The Balaban J connectivity index is 1.21. The largest absolute Gasteiger partial charge is 0.342 e. The van der Waals surface area contributed by atoms with Gasteiger partial charge in [-0.1, -0.05) is 41.4 Å². The Morgan fingerprint density at radius 1 is 1.13 bits per heavy atom. The van der Waals surface area contributed by atoms with Crippen molar-refractivity contribution in [1.82, 2.24) is 30.2 Å². The maximum atomic E-state index is 6.10. The van der Waals surface area contributed by atoms with Crippen molar-refractivity contribution >= 4 is 22.6 Å². The summed E-state index contributed by atoms with van der Waals surface area (Å²) in [7, 11) is 0.